The van der Waals surface area contributed by atoms with E-state index in [1.165, 1.54) is 160 Å². The van der Waals surface area contributed by atoms with Gasteiger partial charge in [-0.2, -0.15) is 0 Å². The van der Waals surface area contributed by atoms with Crippen molar-refractivity contribution in [1.29, 1.82) is 0 Å². The lowest BCUT2D eigenvalue weighted by Crippen LogP contribution is -2.67. The van der Waals surface area contributed by atoms with Crippen molar-refractivity contribution < 1.29 is 70.8 Å². The zero-order valence-corrected chi connectivity index (χ0v) is 73.1. The maximum atomic E-state index is 7.57. The predicted octanol–water partition coefficient (Wildman–Crippen LogP) is 18.7. The summed E-state index contributed by atoms with van der Waals surface area (Å²) in [5.41, 5.74) is 0.906. The van der Waals surface area contributed by atoms with E-state index in [2.05, 4.69) is 66.2 Å². The van der Waals surface area contributed by atoms with E-state index in [1.54, 1.807) is 51.4 Å². The average molecular weight is 1550 g/mol. The molecule has 101 heavy (non-hydrogen) atoms. The molecule has 8 saturated heterocycles. The third kappa shape index (κ3) is 20.9. The summed E-state index contributed by atoms with van der Waals surface area (Å²) in [6.45, 7) is 26.0. The van der Waals surface area contributed by atoms with Gasteiger partial charge < -0.3 is 70.8 Å². The van der Waals surface area contributed by atoms with Crippen molar-refractivity contribution in [3.63, 3.8) is 0 Å². The van der Waals surface area contributed by atoms with Crippen molar-refractivity contribution >= 4 is 68.5 Å². The molecule has 0 aromatic rings. The molecule has 9 aliphatic carbocycles. The van der Waals surface area contributed by atoms with Gasteiger partial charge in [0.1, 0.15) is 0 Å². The maximum absolute atomic E-state index is 7.57. The lowest BCUT2D eigenvalue weighted by atomic mass is 9.72. The van der Waals surface area contributed by atoms with E-state index in [-0.39, 0.29) is 0 Å². The number of epoxide rings is 6. The standard InChI is InChI=1S/2C33H62O8Si4.C11H18/c2*1-6-34-17-7-18-42(2)38-43(3,19-14-25-8-11-28-31(22-25)35-28)40-45(5,21-16-27-10-13-30-33(24-27)37-30)41-44(4,39-42)20-15-26-9-12-29-32(23-26)36-29;1-2-6-11(5-1)8-9-3-4-10(11)7-9/h2*25-33H,6-24H2,1-5H3;9-10H,1-8H2. The van der Waals surface area contributed by atoms with Gasteiger partial charge in [0.15, 0.2) is 0 Å². The minimum Gasteiger partial charge on any atom is -0.416 e. The Hall–Kier alpha value is 1.10. The van der Waals surface area contributed by atoms with Crippen LogP contribution in [-0.4, -0.2) is 168 Å². The topological polar surface area (TPSA) is 167 Å². The van der Waals surface area contributed by atoms with Gasteiger partial charge in [-0.25, -0.2) is 0 Å². The second kappa shape index (κ2) is 32.3. The normalized spacial score (nSPS) is 50.0. The Morgan fingerprint density at radius 3 is 0.743 bits per heavy atom. The summed E-state index contributed by atoms with van der Waals surface area (Å²) in [6.07, 6.45) is 50.4. The van der Waals surface area contributed by atoms with Crippen LogP contribution in [0.2, 0.25) is 101 Å². The Bertz CT molecular complexity index is 2460. The van der Waals surface area contributed by atoms with Gasteiger partial charge in [-0.05, 0) is 366 Å². The van der Waals surface area contributed by atoms with Crippen LogP contribution in [0.3, 0.4) is 0 Å². The molecule has 17 rings (SSSR count). The van der Waals surface area contributed by atoms with Gasteiger partial charge in [0.25, 0.3) is 0 Å². The fraction of sp³-hybridized carbons (Fsp3) is 1.00. The van der Waals surface area contributed by atoms with E-state index in [4.69, 9.17) is 70.8 Å². The van der Waals surface area contributed by atoms with Crippen molar-refractivity contribution in [1.82, 2.24) is 0 Å². The molecule has 17 aliphatic rings. The summed E-state index contributed by atoms with van der Waals surface area (Å²) >= 11 is 0. The van der Waals surface area contributed by atoms with Crippen LogP contribution < -0.4 is 0 Å². The molecule has 16 nitrogen and oxygen atoms in total. The summed E-state index contributed by atoms with van der Waals surface area (Å²) < 4.78 is 107. The highest BCUT2D eigenvalue weighted by Crippen LogP contribution is 2.63. The first-order chi connectivity index (χ1) is 48.4. The largest absolute Gasteiger partial charge is 0.416 e. The summed E-state index contributed by atoms with van der Waals surface area (Å²) in [5, 5.41) is 0. The maximum Gasteiger partial charge on any atom is 0.317 e. The fourth-order valence-electron chi connectivity index (χ4n) is 23.5. The van der Waals surface area contributed by atoms with E-state index < -0.39 is 68.5 Å². The molecule has 0 N–H and O–H groups in total. The molecule has 8 heterocycles. The summed E-state index contributed by atoms with van der Waals surface area (Å²) in [7, 11) is -20.7. The molecule has 24 unspecified atom stereocenters. The van der Waals surface area contributed by atoms with Crippen LogP contribution in [0.5, 0.6) is 0 Å². The van der Waals surface area contributed by atoms with Gasteiger partial charge in [0.2, 0.25) is 0 Å². The van der Waals surface area contributed by atoms with Gasteiger partial charge >= 0.3 is 68.5 Å². The monoisotopic (exact) mass is 1550 g/mol. The Kier molecular flexibility index (Phi) is 24.8. The highest BCUT2D eigenvalue weighted by atomic mass is 28.5. The Morgan fingerprint density at radius 2 is 0.535 bits per heavy atom. The molecule has 0 radical (unpaired) electrons. The van der Waals surface area contributed by atoms with E-state index in [0.717, 1.165) is 134 Å². The van der Waals surface area contributed by atoms with E-state index in [1.807, 2.05) is 0 Å². The molecule has 8 aliphatic heterocycles. The molecule has 1 spiro atoms. The van der Waals surface area contributed by atoms with Gasteiger partial charge in [0, 0.05) is 26.4 Å². The van der Waals surface area contributed by atoms with Crippen LogP contribution in [0.4, 0.5) is 0 Å². The molecule has 0 amide bonds. The zero-order chi connectivity index (χ0) is 69.9. The Morgan fingerprint density at radius 1 is 0.287 bits per heavy atom. The third-order valence-electron chi connectivity index (χ3n) is 29.1. The van der Waals surface area contributed by atoms with Crippen LogP contribution in [0.15, 0.2) is 0 Å². The molecule has 0 aromatic carbocycles. The highest BCUT2D eigenvalue weighted by molar-refractivity contribution is 6.95. The van der Waals surface area contributed by atoms with Crippen LogP contribution in [-0.2, 0) is 70.8 Å². The quantitative estimate of drug-likeness (QED) is 0.0412. The predicted molar refractivity (Wildman–Crippen MR) is 412 cm³/mol. The van der Waals surface area contributed by atoms with E-state index >= 15 is 0 Å². The smallest absolute Gasteiger partial charge is 0.317 e. The van der Waals surface area contributed by atoms with Crippen molar-refractivity contribution in [3.05, 3.63) is 0 Å². The zero-order valence-electron chi connectivity index (χ0n) is 65.1. The number of ether oxygens (including phenoxy) is 8. The molecule has 578 valence electrons. The number of hydrogen-bond donors (Lipinski definition) is 0. The van der Waals surface area contributed by atoms with Gasteiger partial charge in [-0.1, -0.05) is 19.3 Å². The lowest BCUT2D eigenvalue weighted by Gasteiger charge is -2.51. The van der Waals surface area contributed by atoms with Gasteiger partial charge in [-0.15, -0.1) is 0 Å². The SMILES string of the molecule is C1CCC2(C1)CC1CCC2C1.CCOCCC[Si]1(C)O[Si](C)(CCC2CCC3OC3C2)O[Si](C)(CCC2CCC3OC3C2)O[Si](C)(CCC2CCC3OC3C2)O1.CCOCCC[Si]1(C)O[Si](C)(CCC2CCC3OC3C2)O[Si](C)(CCC2CCC3OC3C2)O[Si](C)(CCC2CCC3OC3C2)O1. The fourth-order valence-corrected chi connectivity index (χ4v) is 70.7. The average Bonchev–Trinajstić information content (AvgIpc) is 1.77. The first kappa shape index (κ1) is 77.4. The molecule has 24 atom stereocenters. The lowest BCUT2D eigenvalue weighted by molar-refractivity contribution is 0.145. The number of fused-ring (bicyclic) bond motifs is 9. The first-order valence-electron chi connectivity index (χ1n) is 43.1. The summed E-state index contributed by atoms with van der Waals surface area (Å²) in [6, 6.07) is 8.08. The molecule has 0 aromatic heterocycles. The molecule has 2 bridgehead atoms. The van der Waals surface area contributed by atoms with Crippen molar-refractivity contribution in [2.24, 2.45) is 52.8 Å². The minimum absolute atomic E-state index is 0.515. The molecular weight excluding hydrogens is 1410 g/mol. The van der Waals surface area contributed by atoms with E-state index in [9.17, 15) is 0 Å². The Labute approximate surface area is 620 Å². The molecular formula is C77H142O16Si8. The second-order valence-corrected chi connectivity index (χ2v) is 66.9. The van der Waals surface area contributed by atoms with E-state index in [0.29, 0.717) is 73.2 Å². The second-order valence-electron chi connectivity index (χ2n) is 38.2. The Balaban J connectivity index is 0.000000141. The van der Waals surface area contributed by atoms with Crippen LogP contribution in [0, 0.1) is 52.8 Å². The third-order valence-corrected chi connectivity index (χ3v) is 66.5. The molecule has 9 saturated carbocycles. The van der Waals surface area contributed by atoms with Crippen molar-refractivity contribution in [2.45, 2.75) is 406 Å². The minimum atomic E-state index is -2.60. The van der Waals surface area contributed by atoms with Gasteiger partial charge in [-0.3, -0.25) is 0 Å². The molecule has 17 fully saturated rings. The van der Waals surface area contributed by atoms with Gasteiger partial charge in [0.05, 0.1) is 73.2 Å². The molecule has 24 heteroatoms. The van der Waals surface area contributed by atoms with Crippen LogP contribution in [0.1, 0.15) is 232 Å². The van der Waals surface area contributed by atoms with Crippen molar-refractivity contribution in [2.75, 3.05) is 26.4 Å². The summed E-state index contributed by atoms with van der Waals surface area (Å²) in [5.74, 6) is 6.65. The number of rotatable bonds is 28. The summed E-state index contributed by atoms with van der Waals surface area (Å²) in [4.78, 5) is 0. The first-order valence-corrected chi connectivity index (χ1v) is 63.3. The van der Waals surface area contributed by atoms with Crippen LogP contribution >= 0.6 is 0 Å². The highest BCUT2D eigenvalue weighted by Gasteiger charge is 2.61. The van der Waals surface area contributed by atoms with Crippen molar-refractivity contribution in [3.8, 4) is 0 Å². The van der Waals surface area contributed by atoms with Crippen LogP contribution in [0.25, 0.3) is 0 Å². The number of hydrogen-bond acceptors (Lipinski definition) is 16.